The molecule has 86 valence electrons. The normalized spacial score (nSPS) is 9.12. The van der Waals surface area contributed by atoms with Crippen molar-refractivity contribution in [3.63, 3.8) is 0 Å². The number of hydrogen-bond donors (Lipinski definition) is 2. The maximum absolute atomic E-state index is 10.8. The molecule has 0 aliphatic rings. The van der Waals surface area contributed by atoms with Crippen LogP contribution in [0.1, 0.15) is 16.2 Å². The van der Waals surface area contributed by atoms with Crippen LogP contribution < -0.4 is 5.32 Å². The lowest BCUT2D eigenvalue weighted by Crippen LogP contribution is -2.21. The predicted molar refractivity (Wildman–Crippen MR) is 62.1 cm³/mol. The van der Waals surface area contributed by atoms with Gasteiger partial charge in [-0.15, -0.1) is 11.3 Å². The van der Waals surface area contributed by atoms with Gasteiger partial charge >= 0.3 is 6.09 Å². The number of aliphatic hydroxyl groups is 1. The van der Waals surface area contributed by atoms with Gasteiger partial charge in [-0.1, -0.05) is 11.8 Å². The van der Waals surface area contributed by atoms with E-state index in [1.54, 1.807) is 0 Å². The Morgan fingerprint density at radius 2 is 2.44 bits per heavy atom. The van der Waals surface area contributed by atoms with Crippen LogP contribution >= 0.6 is 11.3 Å². The van der Waals surface area contributed by atoms with E-state index in [4.69, 9.17) is 5.11 Å². The second kappa shape index (κ2) is 6.88. The van der Waals surface area contributed by atoms with Crippen molar-refractivity contribution in [3.8, 4) is 11.8 Å². The third kappa shape index (κ3) is 4.34. The van der Waals surface area contributed by atoms with Gasteiger partial charge in [-0.05, 0) is 12.1 Å². The molecule has 1 heterocycles. The molecule has 2 N–H and O–H groups in total. The molecule has 1 amide bonds. The van der Waals surface area contributed by atoms with Crippen LogP contribution in [-0.2, 0) is 11.3 Å². The van der Waals surface area contributed by atoms with Crippen LogP contribution in [0.2, 0.25) is 0 Å². The Hall–Kier alpha value is -1.51. The molecule has 0 saturated heterocycles. The van der Waals surface area contributed by atoms with E-state index in [2.05, 4.69) is 21.9 Å². The highest BCUT2D eigenvalue weighted by Gasteiger charge is 2.01. The van der Waals surface area contributed by atoms with E-state index in [-0.39, 0.29) is 6.61 Å². The van der Waals surface area contributed by atoms with Gasteiger partial charge in [0.2, 0.25) is 0 Å². The Balaban J connectivity index is 2.46. The van der Waals surface area contributed by atoms with Crippen LogP contribution in [0.5, 0.6) is 0 Å². The van der Waals surface area contributed by atoms with Crippen molar-refractivity contribution in [2.45, 2.75) is 13.0 Å². The van der Waals surface area contributed by atoms with E-state index in [1.807, 2.05) is 12.1 Å². The zero-order valence-corrected chi connectivity index (χ0v) is 9.76. The number of nitrogens with one attached hydrogen (secondary N) is 1. The first-order valence-corrected chi connectivity index (χ1v) is 5.58. The van der Waals surface area contributed by atoms with Gasteiger partial charge in [-0.2, -0.15) is 0 Å². The van der Waals surface area contributed by atoms with Gasteiger partial charge in [0.15, 0.2) is 0 Å². The molecule has 0 bridgehead atoms. The van der Waals surface area contributed by atoms with Crippen molar-refractivity contribution in [1.82, 2.24) is 5.32 Å². The molecule has 0 spiro atoms. The quantitative estimate of drug-likeness (QED) is 0.782. The molecule has 5 heteroatoms. The first kappa shape index (κ1) is 12.6. The summed E-state index contributed by atoms with van der Waals surface area (Å²) in [5, 5.41) is 11.2. The molecule has 0 unspecified atom stereocenters. The van der Waals surface area contributed by atoms with Crippen LogP contribution in [0.15, 0.2) is 12.1 Å². The van der Waals surface area contributed by atoms with E-state index in [0.717, 1.165) is 9.75 Å². The highest BCUT2D eigenvalue weighted by Crippen LogP contribution is 2.14. The van der Waals surface area contributed by atoms with Gasteiger partial charge in [-0.25, -0.2) is 4.79 Å². The number of hydrogen-bond acceptors (Lipinski definition) is 4. The van der Waals surface area contributed by atoms with Gasteiger partial charge in [-0.3, -0.25) is 0 Å². The Bertz CT molecular complexity index is 403. The van der Waals surface area contributed by atoms with Crippen molar-refractivity contribution >= 4 is 17.4 Å². The molecule has 4 nitrogen and oxygen atoms in total. The topological polar surface area (TPSA) is 58.6 Å². The third-order valence-corrected chi connectivity index (χ3v) is 2.70. The second-order valence-electron chi connectivity index (χ2n) is 2.89. The number of alkyl carbamates (subject to hydrolysis) is 1. The van der Waals surface area contributed by atoms with E-state index in [0.29, 0.717) is 13.0 Å². The van der Waals surface area contributed by atoms with Crippen molar-refractivity contribution < 1.29 is 14.6 Å². The molecule has 1 aromatic rings. The summed E-state index contributed by atoms with van der Waals surface area (Å²) in [6.07, 6.45) is 0.0366. The van der Waals surface area contributed by atoms with Crippen molar-refractivity contribution in [3.05, 3.63) is 21.9 Å². The molecule has 0 aliphatic carbocycles. The molecule has 0 aliphatic heterocycles. The number of aliphatic hydroxyl groups excluding tert-OH is 1. The fourth-order valence-corrected chi connectivity index (χ4v) is 1.80. The summed E-state index contributed by atoms with van der Waals surface area (Å²) in [4.78, 5) is 12.8. The number of rotatable bonds is 3. The Morgan fingerprint density at radius 3 is 3.12 bits per heavy atom. The highest BCUT2D eigenvalue weighted by atomic mass is 32.1. The number of amides is 1. The lowest BCUT2D eigenvalue weighted by Gasteiger charge is -1.99. The molecule has 1 aromatic heterocycles. The van der Waals surface area contributed by atoms with Gasteiger partial charge in [0.25, 0.3) is 0 Å². The van der Waals surface area contributed by atoms with Gasteiger partial charge in [0.05, 0.1) is 25.1 Å². The molecule has 0 atom stereocenters. The summed E-state index contributed by atoms with van der Waals surface area (Å²) in [6, 6.07) is 3.80. The summed E-state index contributed by atoms with van der Waals surface area (Å²) < 4.78 is 4.46. The smallest absolute Gasteiger partial charge is 0.407 e. The highest BCUT2D eigenvalue weighted by molar-refractivity contribution is 7.12. The monoisotopic (exact) mass is 239 g/mol. The fraction of sp³-hybridized carbons (Fsp3) is 0.364. The minimum absolute atomic E-state index is 0.0785. The first-order valence-electron chi connectivity index (χ1n) is 4.76. The first-order chi connectivity index (χ1) is 7.76. The summed E-state index contributed by atoms with van der Waals surface area (Å²) in [5.74, 6) is 5.77. The predicted octanol–water partition coefficient (Wildman–Crippen LogP) is 1.34. The molecular formula is C11H13NO3S. The summed E-state index contributed by atoms with van der Waals surface area (Å²) in [5.41, 5.74) is 0. The maximum atomic E-state index is 10.8. The van der Waals surface area contributed by atoms with E-state index in [9.17, 15) is 4.79 Å². The zero-order valence-electron chi connectivity index (χ0n) is 8.95. The van der Waals surface area contributed by atoms with Gasteiger partial charge in [0.1, 0.15) is 0 Å². The lowest BCUT2D eigenvalue weighted by atomic mass is 10.4. The largest absolute Gasteiger partial charge is 0.453 e. The van der Waals surface area contributed by atoms with Crippen LogP contribution in [-0.4, -0.2) is 24.9 Å². The SMILES string of the molecule is COC(=O)NCc1ccc(C#CCCO)s1. The summed E-state index contributed by atoms with van der Waals surface area (Å²) >= 11 is 1.51. The number of carbonyl (C=O) groups excluding carboxylic acids is 1. The average Bonchev–Trinajstić information content (AvgIpc) is 2.74. The third-order valence-electron chi connectivity index (χ3n) is 1.70. The van der Waals surface area contributed by atoms with Crippen molar-refractivity contribution in [2.24, 2.45) is 0 Å². The lowest BCUT2D eigenvalue weighted by molar-refractivity contribution is 0.170. The van der Waals surface area contributed by atoms with Crippen LogP contribution in [0.4, 0.5) is 4.79 Å². The number of carbonyl (C=O) groups is 1. The molecule has 1 rings (SSSR count). The number of methoxy groups -OCH3 is 1. The fourth-order valence-electron chi connectivity index (χ4n) is 0.977. The molecule has 0 radical (unpaired) electrons. The summed E-state index contributed by atoms with van der Waals surface area (Å²) in [6.45, 7) is 0.522. The standard InChI is InChI=1S/C11H13NO3S/c1-15-11(14)12-8-10-6-5-9(16-10)4-2-3-7-13/h5-6,13H,3,7-8H2,1H3,(H,12,14). The Kier molecular flexibility index (Phi) is 5.40. The van der Waals surface area contributed by atoms with Crippen molar-refractivity contribution in [1.29, 1.82) is 0 Å². The minimum atomic E-state index is -0.443. The molecule has 0 aromatic carbocycles. The average molecular weight is 239 g/mol. The Labute approximate surface area is 98.2 Å². The number of ether oxygens (including phenoxy) is 1. The van der Waals surface area contributed by atoms with Crippen molar-refractivity contribution in [2.75, 3.05) is 13.7 Å². The number of thiophene rings is 1. The molecule has 0 fully saturated rings. The molecule has 16 heavy (non-hydrogen) atoms. The van der Waals surface area contributed by atoms with Gasteiger partial charge in [0, 0.05) is 11.3 Å². The van der Waals surface area contributed by atoms with Crippen LogP contribution in [0.3, 0.4) is 0 Å². The second-order valence-corrected chi connectivity index (χ2v) is 4.05. The Morgan fingerprint density at radius 1 is 1.62 bits per heavy atom. The van der Waals surface area contributed by atoms with E-state index >= 15 is 0 Å². The van der Waals surface area contributed by atoms with Crippen LogP contribution in [0.25, 0.3) is 0 Å². The van der Waals surface area contributed by atoms with Crippen LogP contribution in [0, 0.1) is 11.8 Å². The molecule has 0 saturated carbocycles. The molecular weight excluding hydrogens is 226 g/mol. The van der Waals surface area contributed by atoms with Gasteiger partial charge < -0.3 is 15.2 Å². The summed E-state index contributed by atoms with van der Waals surface area (Å²) in [7, 11) is 1.33. The minimum Gasteiger partial charge on any atom is -0.453 e. The maximum Gasteiger partial charge on any atom is 0.407 e. The van der Waals surface area contributed by atoms with E-state index < -0.39 is 6.09 Å². The van der Waals surface area contributed by atoms with E-state index in [1.165, 1.54) is 18.4 Å². The zero-order chi connectivity index (χ0) is 11.8.